The van der Waals surface area contributed by atoms with Crippen molar-refractivity contribution in [2.75, 3.05) is 17.2 Å². The number of rotatable bonds is 4. The molecular weight excluding hydrogens is 261 g/mol. The maximum Gasteiger partial charge on any atom is 0.302 e. The van der Waals surface area contributed by atoms with E-state index in [-0.39, 0.29) is 18.9 Å². The predicted octanol–water partition coefficient (Wildman–Crippen LogP) is 0.555. The molecule has 0 aromatic carbocycles. The van der Waals surface area contributed by atoms with E-state index in [1.54, 1.807) is 17.1 Å². The second-order valence-corrected chi connectivity index (χ2v) is 5.75. The van der Waals surface area contributed by atoms with Crippen LogP contribution in [0.2, 0.25) is 0 Å². The van der Waals surface area contributed by atoms with Crippen molar-refractivity contribution in [2.24, 2.45) is 5.92 Å². The number of carbonyl (C=O) groups excluding carboxylic acids is 1. The number of amides is 1. The van der Waals surface area contributed by atoms with Crippen molar-refractivity contribution in [3.63, 3.8) is 0 Å². The Balaban J connectivity index is 2.09. The maximum absolute atomic E-state index is 12.6. The molecule has 18 heavy (non-hydrogen) atoms. The lowest BCUT2D eigenvalue weighted by molar-refractivity contribution is -0.117. The van der Waals surface area contributed by atoms with Gasteiger partial charge in [-0.25, -0.2) is 0 Å². The number of aromatic nitrogens is 2. The van der Waals surface area contributed by atoms with E-state index in [1.165, 1.54) is 4.90 Å². The summed E-state index contributed by atoms with van der Waals surface area (Å²) in [6.07, 6.45) is 3.32. The van der Waals surface area contributed by atoms with Gasteiger partial charge in [-0.05, 0) is 6.92 Å². The molecule has 1 unspecified atom stereocenters. The molecule has 1 atom stereocenters. The van der Waals surface area contributed by atoms with E-state index >= 15 is 0 Å². The Morgan fingerprint density at radius 3 is 2.83 bits per heavy atom. The van der Waals surface area contributed by atoms with Crippen molar-refractivity contribution >= 4 is 21.8 Å². The van der Waals surface area contributed by atoms with Gasteiger partial charge in [0.25, 0.3) is 0 Å². The molecule has 0 N–H and O–H groups in total. The maximum atomic E-state index is 12.6. The fourth-order valence-electron chi connectivity index (χ4n) is 2.09. The fourth-order valence-corrected chi connectivity index (χ4v) is 2.88. The topological polar surface area (TPSA) is 72.3 Å². The molecule has 1 amide bonds. The van der Waals surface area contributed by atoms with Gasteiger partial charge >= 0.3 is 10.2 Å². The van der Waals surface area contributed by atoms with E-state index in [0.29, 0.717) is 12.2 Å². The third kappa shape index (κ3) is 2.87. The van der Waals surface area contributed by atoms with Gasteiger partial charge in [-0.1, -0.05) is 0 Å². The zero-order valence-corrected chi connectivity index (χ0v) is 10.7. The molecule has 1 aliphatic heterocycles. The first-order valence-corrected chi connectivity index (χ1v) is 7.19. The van der Waals surface area contributed by atoms with Crippen LogP contribution >= 0.6 is 0 Å². The summed E-state index contributed by atoms with van der Waals surface area (Å²) in [5.41, 5.74) is 0.626. The predicted molar refractivity (Wildman–Crippen MR) is 63.3 cm³/mol. The van der Waals surface area contributed by atoms with Crippen molar-refractivity contribution in [1.29, 1.82) is 0 Å². The molecule has 0 bridgehead atoms. The molecule has 2 heterocycles. The van der Waals surface area contributed by atoms with Crippen LogP contribution in [-0.2, 0) is 21.6 Å². The molecule has 2 rings (SSSR count). The molecule has 0 spiro atoms. The van der Waals surface area contributed by atoms with Gasteiger partial charge in [-0.3, -0.25) is 9.48 Å². The van der Waals surface area contributed by atoms with E-state index in [0.717, 1.165) is 0 Å². The highest BCUT2D eigenvalue weighted by Crippen LogP contribution is 2.25. The van der Waals surface area contributed by atoms with Crippen molar-refractivity contribution in [2.45, 2.75) is 19.9 Å². The third-order valence-electron chi connectivity index (χ3n) is 2.90. The lowest BCUT2D eigenvalue weighted by atomic mass is 10.1. The summed E-state index contributed by atoms with van der Waals surface area (Å²) in [5, 5.41) is 4.04. The van der Waals surface area contributed by atoms with Gasteiger partial charge in [-0.2, -0.15) is 13.5 Å². The summed E-state index contributed by atoms with van der Waals surface area (Å²) in [6.45, 7) is 2.82. The second-order valence-electron chi connectivity index (χ2n) is 4.33. The lowest BCUT2D eigenvalue weighted by Gasteiger charge is -2.13. The van der Waals surface area contributed by atoms with E-state index in [4.69, 9.17) is 0 Å². The van der Waals surface area contributed by atoms with E-state index in [2.05, 4.69) is 5.10 Å². The van der Waals surface area contributed by atoms with E-state index in [1.807, 2.05) is 6.92 Å². The first-order valence-electron chi connectivity index (χ1n) is 5.64. The van der Waals surface area contributed by atoms with Crippen LogP contribution in [0.15, 0.2) is 12.4 Å². The highest BCUT2D eigenvalue weighted by Gasteiger charge is 2.34. The zero-order chi connectivity index (χ0) is 13.3. The monoisotopic (exact) mass is 275 g/mol. The summed E-state index contributed by atoms with van der Waals surface area (Å²) in [7, 11) is -4.54. The van der Waals surface area contributed by atoms with Crippen LogP contribution in [0.5, 0.6) is 0 Å². The quantitative estimate of drug-likeness (QED) is 0.752. The second kappa shape index (κ2) is 4.68. The summed E-state index contributed by atoms with van der Waals surface area (Å²) < 4.78 is 35.4. The highest BCUT2D eigenvalue weighted by molar-refractivity contribution is 7.86. The van der Waals surface area contributed by atoms with Gasteiger partial charge in [0.2, 0.25) is 5.91 Å². The zero-order valence-electron chi connectivity index (χ0n) is 9.91. The Hall–Kier alpha value is -1.44. The van der Waals surface area contributed by atoms with Gasteiger partial charge in [-0.15, -0.1) is 3.89 Å². The van der Waals surface area contributed by atoms with Crippen LogP contribution in [0.25, 0.3) is 0 Å². The van der Waals surface area contributed by atoms with Gasteiger partial charge in [0.1, 0.15) is 0 Å². The van der Waals surface area contributed by atoms with Gasteiger partial charge in [0.15, 0.2) is 0 Å². The first-order chi connectivity index (χ1) is 8.39. The molecule has 0 saturated carbocycles. The SMILES string of the molecule is CCn1cc(N2CC(CS(=O)(=O)F)CC2=O)cn1. The highest BCUT2D eigenvalue weighted by atomic mass is 32.3. The molecule has 1 saturated heterocycles. The van der Waals surface area contributed by atoms with Gasteiger partial charge in [0.05, 0.1) is 17.6 Å². The molecule has 1 aliphatic rings. The van der Waals surface area contributed by atoms with E-state index in [9.17, 15) is 17.1 Å². The van der Waals surface area contributed by atoms with Crippen LogP contribution < -0.4 is 4.90 Å². The standard InChI is InChI=1S/C10H14FN3O3S/c1-2-13-6-9(4-12-13)14-5-8(3-10(14)15)7-18(11,16)17/h4,6,8H,2-3,5,7H2,1H3. The minimum atomic E-state index is -4.54. The third-order valence-corrected chi connectivity index (χ3v) is 3.76. The number of carbonyl (C=O) groups is 1. The summed E-state index contributed by atoms with van der Waals surface area (Å²) in [5.74, 6) is -1.28. The average molecular weight is 275 g/mol. The van der Waals surface area contributed by atoms with Crippen molar-refractivity contribution in [1.82, 2.24) is 9.78 Å². The summed E-state index contributed by atoms with van der Waals surface area (Å²) in [4.78, 5) is 13.2. The normalized spacial score (nSPS) is 20.7. The Morgan fingerprint density at radius 2 is 2.28 bits per heavy atom. The minimum Gasteiger partial charge on any atom is -0.309 e. The molecule has 0 aliphatic carbocycles. The number of hydrogen-bond donors (Lipinski definition) is 0. The van der Waals surface area contributed by atoms with E-state index < -0.39 is 21.9 Å². The molecule has 8 heteroatoms. The van der Waals surface area contributed by atoms with Crippen LogP contribution in [0.3, 0.4) is 0 Å². The lowest BCUT2D eigenvalue weighted by Crippen LogP contribution is -2.25. The number of halogens is 1. The largest absolute Gasteiger partial charge is 0.309 e. The molecule has 0 radical (unpaired) electrons. The van der Waals surface area contributed by atoms with Crippen LogP contribution in [0.1, 0.15) is 13.3 Å². The van der Waals surface area contributed by atoms with Crippen LogP contribution in [0.4, 0.5) is 9.57 Å². The van der Waals surface area contributed by atoms with Gasteiger partial charge in [0, 0.05) is 31.6 Å². The molecule has 1 aromatic heterocycles. The van der Waals surface area contributed by atoms with Crippen molar-refractivity contribution in [3.8, 4) is 0 Å². The van der Waals surface area contributed by atoms with Crippen molar-refractivity contribution < 1.29 is 17.1 Å². The molecule has 6 nitrogen and oxygen atoms in total. The number of nitrogens with zero attached hydrogens (tertiary/aromatic N) is 3. The minimum absolute atomic E-state index is 0.0560. The Labute approximate surface area is 105 Å². The van der Waals surface area contributed by atoms with Crippen LogP contribution in [0, 0.1) is 5.92 Å². The number of anilines is 1. The average Bonchev–Trinajstić information content (AvgIpc) is 2.82. The Morgan fingerprint density at radius 1 is 1.56 bits per heavy atom. The summed E-state index contributed by atoms with van der Waals surface area (Å²) >= 11 is 0. The first kappa shape index (κ1) is 13.0. The molecular formula is C10H14FN3O3S. The number of aryl methyl sites for hydroxylation is 1. The smallest absolute Gasteiger partial charge is 0.302 e. The number of hydrogen-bond acceptors (Lipinski definition) is 4. The Bertz CT molecular complexity index is 554. The molecule has 100 valence electrons. The summed E-state index contributed by atoms with van der Waals surface area (Å²) in [6, 6.07) is 0. The molecule has 1 fully saturated rings. The van der Waals surface area contributed by atoms with Crippen molar-refractivity contribution in [3.05, 3.63) is 12.4 Å². The Kier molecular flexibility index (Phi) is 3.38. The fraction of sp³-hybridized carbons (Fsp3) is 0.600. The van der Waals surface area contributed by atoms with Gasteiger partial charge < -0.3 is 4.90 Å². The molecule has 1 aromatic rings. The van der Waals surface area contributed by atoms with Crippen LogP contribution in [-0.4, -0.2) is 36.4 Å².